The van der Waals surface area contributed by atoms with E-state index in [-0.39, 0.29) is 23.9 Å². The number of hydrogen-bond donors (Lipinski definition) is 2. The molecule has 1 aromatic rings. The summed E-state index contributed by atoms with van der Waals surface area (Å²) in [6.07, 6.45) is 9.89. The molecule has 6 rings (SSSR count). The highest BCUT2D eigenvalue weighted by Gasteiger charge is 2.34. The number of hydrogen-bond acceptors (Lipinski definition) is 9. The van der Waals surface area contributed by atoms with E-state index in [2.05, 4.69) is 25.4 Å². The molecule has 2 N–H and O–H groups in total. The minimum atomic E-state index is -0.599. The normalized spacial score (nSPS) is 27.0. The molecule has 40 heavy (non-hydrogen) atoms. The quantitative estimate of drug-likeness (QED) is 0.510. The molecule has 11 nitrogen and oxygen atoms in total. The zero-order valence-corrected chi connectivity index (χ0v) is 22.7. The number of ether oxygens (including phenoxy) is 2. The molecular weight excluding hydrogens is 510 g/mol. The smallest absolute Gasteiger partial charge is 0.260 e. The molecule has 2 saturated heterocycles. The molecule has 2 fully saturated rings. The fraction of sp³-hybridized carbons (Fsp3) is 0.517. The van der Waals surface area contributed by atoms with Crippen molar-refractivity contribution in [3.63, 3.8) is 0 Å². The lowest BCUT2D eigenvalue weighted by Crippen LogP contribution is -2.58. The van der Waals surface area contributed by atoms with Gasteiger partial charge < -0.3 is 20.1 Å². The summed E-state index contributed by atoms with van der Waals surface area (Å²) in [5, 5.41) is 6.52. The summed E-state index contributed by atoms with van der Waals surface area (Å²) in [6.45, 7) is 8.90. The second kappa shape index (κ2) is 12.4. The van der Waals surface area contributed by atoms with Crippen LogP contribution in [0.3, 0.4) is 0 Å². The fourth-order valence-electron chi connectivity index (χ4n) is 5.77. The van der Waals surface area contributed by atoms with Crippen LogP contribution in [-0.2, 0) is 16.1 Å². The van der Waals surface area contributed by atoms with Crippen molar-refractivity contribution in [3.05, 3.63) is 53.8 Å². The van der Waals surface area contributed by atoms with Gasteiger partial charge in [-0.2, -0.15) is 0 Å². The van der Waals surface area contributed by atoms with Gasteiger partial charge in [0.1, 0.15) is 24.2 Å². The van der Waals surface area contributed by atoms with Crippen molar-refractivity contribution in [2.75, 3.05) is 65.6 Å². The highest BCUT2D eigenvalue weighted by molar-refractivity contribution is 6.13. The Labute approximate surface area is 234 Å². The summed E-state index contributed by atoms with van der Waals surface area (Å²) in [6, 6.07) is 4.86. The first-order valence-corrected chi connectivity index (χ1v) is 14.2. The summed E-state index contributed by atoms with van der Waals surface area (Å²) in [5.41, 5.74) is 1.55. The van der Waals surface area contributed by atoms with Crippen LogP contribution >= 0.6 is 0 Å². The van der Waals surface area contributed by atoms with Crippen LogP contribution in [-0.4, -0.2) is 122 Å². The monoisotopic (exact) mass is 547 g/mol. The Balaban J connectivity index is 1.07. The average molecular weight is 548 g/mol. The number of dihydropyridines is 1. The number of piperazine rings is 1. The van der Waals surface area contributed by atoms with E-state index >= 15 is 0 Å². The van der Waals surface area contributed by atoms with Crippen molar-refractivity contribution >= 4 is 23.9 Å². The van der Waals surface area contributed by atoms with E-state index < -0.39 is 6.04 Å². The largest absolute Gasteiger partial charge is 0.492 e. The lowest BCUT2D eigenvalue weighted by atomic mass is 10.0. The number of rotatable bonds is 7. The van der Waals surface area contributed by atoms with Gasteiger partial charge in [-0.05, 0) is 42.3 Å². The number of amides is 2. The molecule has 1 aromatic carbocycles. The van der Waals surface area contributed by atoms with Crippen molar-refractivity contribution in [1.82, 2.24) is 25.3 Å². The number of nitrogens with one attached hydrogen (secondary N) is 2. The average Bonchev–Trinajstić information content (AvgIpc) is 3.34. The van der Waals surface area contributed by atoms with Gasteiger partial charge in [0, 0.05) is 63.8 Å². The van der Waals surface area contributed by atoms with Gasteiger partial charge in [0.2, 0.25) is 5.91 Å². The minimum absolute atomic E-state index is 0.0612. The maximum atomic E-state index is 13.3. The molecule has 2 amide bonds. The molecule has 5 aliphatic heterocycles. The number of nitrogens with zero attached hydrogens (tertiary/aromatic N) is 5. The van der Waals surface area contributed by atoms with Crippen LogP contribution in [0.2, 0.25) is 0 Å². The summed E-state index contributed by atoms with van der Waals surface area (Å²) in [5.74, 6) is 0.997. The number of amidine groups is 1. The fourth-order valence-corrected chi connectivity index (χ4v) is 5.77. The van der Waals surface area contributed by atoms with E-state index in [1.807, 2.05) is 36.4 Å². The van der Waals surface area contributed by atoms with E-state index in [4.69, 9.17) is 14.5 Å². The van der Waals surface area contributed by atoms with Crippen LogP contribution in [0.5, 0.6) is 5.75 Å². The second-order valence-electron chi connectivity index (χ2n) is 10.6. The summed E-state index contributed by atoms with van der Waals surface area (Å²) < 4.78 is 11.4. The SMILES string of the molecule is O=C(NC1C=NC=CC1N1CCNCC1)C1CC=CC(N2Cc3cc(OCCN4CCOCC4)ccc3C2=O)=N1. The molecule has 3 atom stereocenters. The van der Waals surface area contributed by atoms with E-state index in [0.29, 0.717) is 31.0 Å². The topological polar surface area (TPSA) is 111 Å². The van der Waals surface area contributed by atoms with Gasteiger partial charge in [0.25, 0.3) is 5.91 Å². The Kier molecular flexibility index (Phi) is 8.33. The molecule has 0 saturated carbocycles. The standard InChI is InChI=1S/C29H37N7O4/c37-28(33-25-19-31-7-6-26(25)35-10-8-30-9-11-35)24-2-1-3-27(32-24)36-20-21-18-22(4-5-23(21)29(36)38)40-17-14-34-12-15-39-16-13-34/h1,3-7,18-19,24-26,30H,2,8-17,20H2,(H,33,37). The van der Waals surface area contributed by atoms with Crippen LogP contribution in [0.1, 0.15) is 22.3 Å². The highest BCUT2D eigenvalue weighted by atomic mass is 16.5. The molecule has 5 aliphatic rings. The van der Waals surface area contributed by atoms with E-state index in [1.54, 1.807) is 17.3 Å². The van der Waals surface area contributed by atoms with Gasteiger partial charge in [-0.3, -0.25) is 34.3 Å². The van der Waals surface area contributed by atoms with Gasteiger partial charge >= 0.3 is 0 Å². The maximum absolute atomic E-state index is 13.3. The maximum Gasteiger partial charge on any atom is 0.260 e. The molecule has 0 aromatic heterocycles. The number of fused-ring (bicyclic) bond motifs is 1. The van der Waals surface area contributed by atoms with Crippen molar-refractivity contribution in [1.29, 1.82) is 0 Å². The molecule has 0 spiro atoms. The molecule has 0 radical (unpaired) electrons. The molecule has 11 heteroatoms. The van der Waals surface area contributed by atoms with Gasteiger partial charge in [-0.25, -0.2) is 0 Å². The lowest BCUT2D eigenvalue weighted by Gasteiger charge is -2.37. The van der Waals surface area contributed by atoms with Crippen molar-refractivity contribution in [2.45, 2.75) is 31.1 Å². The number of morpholine rings is 1. The second-order valence-corrected chi connectivity index (χ2v) is 10.6. The summed E-state index contributed by atoms with van der Waals surface area (Å²) in [4.78, 5) is 41.9. The van der Waals surface area contributed by atoms with Crippen LogP contribution in [0.15, 0.2) is 52.6 Å². The van der Waals surface area contributed by atoms with Crippen molar-refractivity contribution in [2.24, 2.45) is 9.98 Å². The van der Waals surface area contributed by atoms with Crippen molar-refractivity contribution < 1.29 is 19.1 Å². The van der Waals surface area contributed by atoms with Gasteiger partial charge in [-0.15, -0.1) is 0 Å². The minimum Gasteiger partial charge on any atom is -0.492 e. The van der Waals surface area contributed by atoms with Crippen LogP contribution in [0.25, 0.3) is 0 Å². The van der Waals surface area contributed by atoms with Gasteiger partial charge in [0.05, 0.1) is 31.8 Å². The number of carbonyl (C=O) groups is 2. The molecule has 3 unspecified atom stereocenters. The number of carbonyl (C=O) groups excluding carboxylic acids is 2. The lowest BCUT2D eigenvalue weighted by molar-refractivity contribution is -0.122. The molecule has 5 heterocycles. The summed E-state index contributed by atoms with van der Waals surface area (Å²) in [7, 11) is 0. The molecular formula is C29H37N7O4. The zero-order valence-electron chi connectivity index (χ0n) is 22.7. The third-order valence-electron chi connectivity index (χ3n) is 8.02. The van der Waals surface area contributed by atoms with Crippen LogP contribution in [0, 0.1) is 0 Å². The zero-order chi connectivity index (χ0) is 27.3. The Morgan fingerprint density at radius 3 is 2.88 bits per heavy atom. The third kappa shape index (κ3) is 6.02. The first kappa shape index (κ1) is 26.8. The molecule has 212 valence electrons. The Bertz CT molecular complexity index is 1220. The Morgan fingerprint density at radius 2 is 2.02 bits per heavy atom. The Hall–Kier alpha value is -3.38. The van der Waals surface area contributed by atoms with Crippen LogP contribution < -0.4 is 15.4 Å². The third-order valence-corrected chi connectivity index (χ3v) is 8.02. The van der Waals surface area contributed by atoms with E-state index in [9.17, 15) is 9.59 Å². The predicted octanol–water partition coefficient (Wildman–Crippen LogP) is 0.437. The van der Waals surface area contributed by atoms with E-state index in [0.717, 1.165) is 70.3 Å². The van der Waals surface area contributed by atoms with Crippen LogP contribution in [0.4, 0.5) is 0 Å². The number of benzene rings is 1. The Morgan fingerprint density at radius 1 is 1.18 bits per heavy atom. The number of aliphatic imine (C=N–C) groups is 2. The van der Waals surface area contributed by atoms with Crippen molar-refractivity contribution in [3.8, 4) is 5.75 Å². The summed E-state index contributed by atoms with van der Waals surface area (Å²) >= 11 is 0. The molecule has 0 aliphatic carbocycles. The van der Waals surface area contributed by atoms with E-state index in [1.165, 1.54) is 0 Å². The predicted molar refractivity (Wildman–Crippen MR) is 152 cm³/mol. The molecule has 0 bridgehead atoms. The first-order chi connectivity index (χ1) is 19.7. The van der Waals surface area contributed by atoms with Gasteiger partial charge in [-0.1, -0.05) is 6.08 Å². The van der Waals surface area contributed by atoms with Gasteiger partial charge in [0.15, 0.2) is 0 Å². The first-order valence-electron chi connectivity index (χ1n) is 14.2. The highest BCUT2D eigenvalue weighted by Crippen LogP contribution is 2.28.